The molecule has 0 radical (unpaired) electrons. The van der Waals surface area contributed by atoms with Gasteiger partial charge in [0.25, 0.3) is 0 Å². The van der Waals surface area contributed by atoms with Crippen molar-refractivity contribution in [1.29, 1.82) is 0 Å². The Hall–Kier alpha value is -3.45. The molecular weight excluding hydrogens is 434 g/mol. The van der Waals surface area contributed by atoms with Crippen LogP contribution in [-0.2, 0) is 17.6 Å². The summed E-state index contributed by atoms with van der Waals surface area (Å²) in [5.74, 6) is 0.679. The van der Waals surface area contributed by atoms with Crippen molar-refractivity contribution in [2.24, 2.45) is 0 Å². The Labute approximate surface area is 197 Å². The molecule has 0 saturated carbocycles. The maximum atomic E-state index is 11.0. The van der Waals surface area contributed by atoms with Crippen molar-refractivity contribution < 1.29 is 14.6 Å². The zero-order chi connectivity index (χ0) is 23.2. The summed E-state index contributed by atoms with van der Waals surface area (Å²) in [6.07, 6.45) is 2.96. The Morgan fingerprint density at radius 3 is 2.79 bits per heavy atom. The summed E-state index contributed by atoms with van der Waals surface area (Å²) in [6.45, 7) is 5.38. The number of nitrogens with one attached hydrogen (secondary N) is 1. The summed E-state index contributed by atoms with van der Waals surface area (Å²) in [5, 5.41) is 15.0. The standard InChI is InChI=1S/C26H27N3O3S/c1-3-32-22-15-24(33-23(22)10-11-26(30)31)21-14-25(29-16-28-21)27-13-12-18-8-9-19-6-4-5-7-20(19)17(18)2/h4-9,14-16H,3,10-13H2,1-2H3,(H,30,31)(H,27,28,29). The van der Waals surface area contributed by atoms with Crippen LogP contribution in [0.25, 0.3) is 21.3 Å². The highest BCUT2D eigenvalue weighted by molar-refractivity contribution is 7.15. The lowest BCUT2D eigenvalue weighted by Gasteiger charge is -2.11. The van der Waals surface area contributed by atoms with Gasteiger partial charge in [0.1, 0.15) is 17.9 Å². The van der Waals surface area contributed by atoms with E-state index >= 15 is 0 Å². The summed E-state index contributed by atoms with van der Waals surface area (Å²) < 4.78 is 5.72. The number of hydrogen-bond donors (Lipinski definition) is 2. The molecular formula is C26H27N3O3S. The van der Waals surface area contributed by atoms with Crippen molar-refractivity contribution >= 4 is 33.9 Å². The van der Waals surface area contributed by atoms with E-state index in [0.29, 0.717) is 13.0 Å². The highest BCUT2D eigenvalue weighted by Gasteiger charge is 2.14. The van der Waals surface area contributed by atoms with E-state index in [9.17, 15) is 4.79 Å². The average Bonchev–Trinajstić information content (AvgIpc) is 3.23. The van der Waals surface area contributed by atoms with Gasteiger partial charge in [-0.05, 0) is 48.6 Å². The Morgan fingerprint density at radius 1 is 1.12 bits per heavy atom. The van der Waals surface area contributed by atoms with Crippen LogP contribution in [0.2, 0.25) is 0 Å². The third kappa shape index (κ3) is 5.49. The van der Waals surface area contributed by atoms with Crippen LogP contribution >= 0.6 is 11.3 Å². The second-order valence-corrected chi connectivity index (χ2v) is 8.90. The molecule has 2 heterocycles. The zero-order valence-electron chi connectivity index (χ0n) is 18.8. The van der Waals surface area contributed by atoms with E-state index in [1.807, 2.05) is 19.1 Å². The predicted octanol–water partition coefficient (Wildman–Crippen LogP) is 5.74. The van der Waals surface area contributed by atoms with Gasteiger partial charge in [-0.3, -0.25) is 4.79 Å². The van der Waals surface area contributed by atoms with E-state index < -0.39 is 5.97 Å². The monoisotopic (exact) mass is 461 g/mol. The van der Waals surface area contributed by atoms with Crippen LogP contribution in [0.15, 0.2) is 54.9 Å². The first kappa shape index (κ1) is 22.7. The van der Waals surface area contributed by atoms with Crippen molar-refractivity contribution in [3.05, 3.63) is 70.9 Å². The molecule has 33 heavy (non-hydrogen) atoms. The number of ether oxygens (including phenoxy) is 1. The van der Waals surface area contributed by atoms with Crippen molar-refractivity contribution in [2.45, 2.75) is 33.1 Å². The van der Waals surface area contributed by atoms with Crippen molar-refractivity contribution in [1.82, 2.24) is 9.97 Å². The van der Waals surface area contributed by atoms with Crippen molar-refractivity contribution in [3.63, 3.8) is 0 Å². The molecule has 0 aliphatic rings. The number of carboxylic acids is 1. The molecule has 0 fully saturated rings. The van der Waals surface area contributed by atoms with Gasteiger partial charge in [0, 0.05) is 23.6 Å². The molecule has 0 unspecified atom stereocenters. The van der Waals surface area contributed by atoms with Gasteiger partial charge in [0.2, 0.25) is 0 Å². The molecule has 6 nitrogen and oxygen atoms in total. The maximum Gasteiger partial charge on any atom is 0.303 e. The number of nitrogens with zero attached hydrogens (tertiary/aromatic N) is 2. The fourth-order valence-corrected chi connectivity index (χ4v) is 4.94. The number of aryl methyl sites for hydroxylation is 2. The molecule has 2 aromatic heterocycles. The highest BCUT2D eigenvalue weighted by atomic mass is 32.1. The Kier molecular flexibility index (Phi) is 7.19. The Balaban J connectivity index is 1.46. The molecule has 0 aliphatic heterocycles. The third-order valence-electron chi connectivity index (χ3n) is 5.57. The summed E-state index contributed by atoms with van der Waals surface area (Å²) in [4.78, 5) is 21.6. The minimum Gasteiger partial charge on any atom is -0.493 e. The molecule has 4 rings (SSSR count). The summed E-state index contributed by atoms with van der Waals surface area (Å²) in [7, 11) is 0. The second-order valence-electron chi connectivity index (χ2n) is 7.76. The minimum absolute atomic E-state index is 0.0742. The van der Waals surface area contributed by atoms with Crippen molar-refractivity contribution in [3.8, 4) is 16.3 Å². The Bertz CT molecular complexity index is 1270. The lowest BCUT2D eigenvalue weighted by Crippen LogP contribution is -2.07. The number of carboxylic acid groups (broad SMARTS) is 1. The van der Waals surface area contributed by atoms with Crippen LogP contribution in [0.4, 0.5) is 5.82 Å². The predicted molar refractivity (Wildman–Crippen MR) is 133 cm³/mol. The maximum absolute atomic E-state index is 11.0. The van der Waals surface area contributed by atoms with Crippen LogP contribution in [0.5, 0.6) is 5.75 Å². The summed E-state index contributed by atoms with van der Waals surface area (Å²) in [5.41, 5.74) is 3.43. The molecule has 2 aromatic carbocycles. The smallest absolute Gasteiger partial charge is 0.303 e. The topological polar surface area (TPSA) is 84.3 Å². The number of rotatable bonds is 10. The average molecular weight is 462 g/mol. The van der Waals surface area contributed by atoms with E-state index in [2.05, 4.69) is 58.6 Å². The molecule has 0 atom stereocenters. The van der Waals surface area contributed by atoms with E-state index in [-0.39, 0.29) is 6.42 Å². The molecule has 0 spiro atoms. The summed E-state index contributed by atoms with van der Waals surface area (Å²) >= 11 is 1.52. The van der Waals surface area contributed by atoms with Crippen LogP contribution in [-0.4, -0.2) is 34.2 Å². The number of aliphatic carboxylic acids is 1. The second kappa shape index (κ2) is 10.4. The van der Waals surface area contributed by atoms with Crippen LogP contribution < -0.4 is 10.1 Å². The first-order chi connectivity index (χ1) is 16.0. The summed E-state index contributed by atoms with van der Waals surface area (Å²) in [6, 6.07) is 16.7. The number of carbonyl (C=O) groups is 1. The van der Waals surface area contributed by atoms with Crippen LogP contribution in [0, 0.1) is 6.92 Å². The number of anilines is 1. The fourth-order valence-electron chi connectivity index (χ4n) is 3.87. The molecule has 0 amide bonds. The molecule has 0 saturated heterocycles. The quantitative estimate of drug-likeness (QED) is 0.313. The van der Waals surface area contributed by atoms with Gasteiger partial charge in [-0.1, -0.05) is 36.4 Å². The highest BCUT2D eigenvalue weighted by Crippen LogP contribution is 2.36. The largest absolute Gasteiger partial charge is 0.493 e. The van der Waals surface area contributed by atoms with Gasteiger partial charge >= 0.3 is 5.97 Å². The lowest BCUT2D eigenvalue weighted by atomic mass is 9.98. The van der Waals surface area contributed by atoms with Gasteiger partial charge < -0.3 is 15.2 Å². The lowest BCUT2D eigenvalue weighted by molar-refractivity contribution is -0.136. The minimum atomic E-state index is -0.817. The molecule has 2 N–H and O–H groups in total. The number of thiophene rings is 1. The number of benzene rings is 2. The Morgan fingerprint density at radius 2 is 1.97 bits per heavy atom. The van der Waals surface area contributed by atoms with Gasteiger partial charge in [0.15, 0.2) is 0 Å². The van der Waals surface area contributed by atoms with Gasteiger partial charge in [-0.2, -0.15) is 0 Å². The molecule has 4 aromatic rings. The normalized spacial score (nSPS) is 11.0. The molecule has 7 heteroatoms. The van der Waals surface area contributed by atoms with E-state index in [1.54, 1.807) is 6.33 Å². The molecule has 170 valence electrons. The number of hydrogen-bond acceptors (Lipinski definition) is 6. The number of fused-ring (bicyclic) bond motifs is 1. The third-order valence-corrected chi connectivity index (χ3v) is 6.77. The van der Waals surface area contributed by atoms with Crippen LogP contribution in [0.3, 0.4) is 0 Å². The SMILES string of the molecule is CCOc1cc(-c2cc(NCCc3ccc4ccccc4c3C)ncn2)sc1CCC(=O)O. The van der Waals surface area contributed by atoms with E-state index in [4.69, 9.17) is 9.84 Å². The fraction of sp³-hybridized carbons (Fsp3) is 0.269. The van der Waals surface area contributed by atoms with Gasteiger partial charge in [0.05, 0.1) is 23.6 Å². The van der Waals surface area contributed by atoms with E-state index in [0.717, 1.165) is 40.0 Å². The zero-order valence-corrected chi connectivity index (χ0v) is 19.6. The van der Waals surface area contributed by atoms with Gasteiger partial charge in [-0.25, -0.2) is 9.97 Å². The first-order valence-electron chi connectivity index (χ1n) is 11.1. The molecule has 0 aliphatic carbocycles. The van der Waals surface area contributed by atoms with E-state index in [1.165, 1.54) is 33.2 Å². The first-order valence-corrected chi connectivity index (χ1v) is 11.9. The number of aromatic nitrogens is 2. The van der Waals surface area contributed by atoms with Gasteiger partial charge in [-0.15, -0.1) is 11.3 Å². The molecule has 0 bridgehead atoms. The van der Waals surface area contributed by atoms with Crippen molar-refractivity contribution in [2.75, 3.05) is 18.5 Å². The van der Waals surface area contributed by atoms with Crippen LogP contribution in [0.1, 0.15) is 29.3 Å².